The summed E-state index contributed by atoms with van der Waals surface area (Å²) in [7, 11) is 0. The normalized spacial score (nSPS) is 24.7. The standard InChI is InChI=1S/C20H27N3O3/c1-15-11-21-12-18(22-15)25-8-6-16-7-9-26-20(10-16)13-23(14-20)19(24)17-4-2-3-5-17/h2-3,11-12,16-17H,4-10,13-14H2,1H3. The quantitative estimate of drug-likeness (QED) is 0.758. The number of ether oxygens (including phenoxy) is 2. The molecule has 1 aromatic heterocycles. The van der Waals surface area contributed by atoms with Gasteiger partial charge in [-0.3, -0.25) is 9.78 Å². The molecule has 0 radical (unpaired) electrons. The molecule has 2 aliphatic heterocycles. The van der Waals surface area contributed by atoms with Crippen LogP contribution in [0.15, 0.2) is 24.5 Å². The molecule has 4 rings (SSSR count). The maximum Gasteiger partial charge on any atom is 0.232 e. The molecule has 6 heteroatoms. The fourth-order valence-electron chi connectivity index (χ4n) is 4.32. The molecule has 1 aromatic rings. The van der Waals surface area contributed by atoms with E-state index in [-0.39, 0.29) is 11.5 Å². The van der Waals surface area contributed by atoms with E-state index >= 15 is 0 Å². The minimum Gasteiger partial charge on any atom is -0.477 e. The number of aryl methyl sites for hydroxylation is 1. The number of allylic oxidation sites excluding steroid dienone is 2. The number of likely N-dealkylation sites (tertiary alicyclic amines) is 1. The molecule has 2 saturated heterocycles. The number of carbonyl (C=O) groups is 1. The molecule has 1 unspecified atom stereocenters. The maximum atomic E-state index is 12.5. The number of hydrogen-bond donors (Lipinski definition) is 0. The molecule has 1 amide bonds. The Hall–Kier alpha value is -1.95. The van der Waals surface area contributed by atoms with E-state index in [2.05, 4.69) is 22.1 Å². The van der Waals surface area contributed by atoms with Crippen molar-refractivity contribution in [2.24, 2.45) is 11.8 Å². The number of hydrogen-bond acceptors (Lipinski definition) is 5. The molecule has 3 heterocycles. The van der Waals surface area contributed by atoms with Gasteiger partial charge >= 0.3 is 0 Å². The third-order valence-electron chi connectivity index (χ3n) is 5.73. The highest BCUT2D eigenvalue weighted by Gasteiger charge is 2.49. The topological polar surface area (TPSA) is 64.6 Å². The average molecular weight is 357 g/mol. The van der Waals surface area contributed by atoms with Gasteiger partial charge < -0.3 is 14.4 Å². The Morgan fingerprint density at radius 3 is 2.92 bits per heavy atom. The second-order valence-electron chi connectivity index (χ2n) is 7.86. The molecule has 2 fully saturated rings. The SMILES string of the molecule is Cc1cncc(OCCC2CCOC3(C2)CN(C(=O)C2CC=CC2)C3)n1. The van der Waals surface area contributed by atoms with Gasteiger partial charge in [0.15, 0.2) is 0 Å². The van der Waals surface area contributed by atoms with Gasteiger partial charge in [-0.15, -0.1) is 0 Å². The summed E-state index contributed by atoms with van der Waals surface area (Å²) in [6, 6.07) is 0. The van der Waals surface area contributed by atoms with E-state index < -0.39 is 0 Å². The van der Waals surface area contributed by atoms with Crippen LogP contribution in [0.3, 0.4) is 0 Å². The molecule has 140 valence electrons. The monoisotopic (exact) mass is 357 g/mol. The van der Waals surface area contributed by atoms with Gasteiger partial charge in [-0.25, -0.2) is 4.98 Å². The minimum absolute atomic E-state index is 0.117. The van der Waals surface area contributed by atoms with E-state index in [4.69, 9.17) is 9.47 Å². The number of amides is 1. The zero-order valence-electron chi connectivity index (χ0n) is 15.4. The van der Waals surface area contributed by atoms with Crippen LogP contribution in [0.4, 0.5) is 0 Å². The van der Waals surface area contributed by atoms with Gasteiger partial charge in [0.25, 0.3) is 0 Å². The molecule has 26 heavy (non-hydrogen) atoms. The Kier molecular flexibility index (Phi) is 4.94. The van der Waals surface area contributed by atoms with Crippen molar-refractivity contribution >= 4 is 5.91 Å². The highest BCUT2D eigenvalue weighted by atomic mass is 16.5. The van der Waals surface area contributed by atoms with Crippen LogP contribution in [0.5, 0.6) is 5.88 Å². The third-order valence-corrected chi connectivity index (χ3v) is 5.73. The van der Waals surface area contributed by atoms with Crippen LogP contribution < -0.4 is 4.74 Å². The van der Waals surface area contributed by atoms with E-state index in [1.54, 1.807) is 12.4 Å². The van der Waals surface area contributed by atoms with Crippen molar-refractivity contribution in [3.63, 3.8) is 0 Å². The summed E-state index contributed by atoms with van der Waals surface area (Å²) in [4.78, 5) is 22.9. The molecule has 1 spiro atoms. The van der Waals surface area contributed by atoms with E-state index in [1.165, 1.54) is 0 Å². The maximum absolute atomic E-state index is 12.5. The van der Waals surface area contributed by atoms with Crippen LogP contribution in [-0.2, 0) is 9.53 Å². The largest absolute Gasteiger partial charge is 0.477 e. The predicted molar refractivity (Wildman–Crippen MR) is 96.7 cm³/mol. The Labute approximate surface area is 154 Å². The average Bonchev–Trinajstić information content (AvgIpc) is 3.14. The third kappa shape index (κ3) is 3.75. The molecule has 6 nitrogen and oxygen atoms in total. The fraction of sp³-hybridized carbons (Fsp3) is 0.650. The van der Waals surface area contributed by atoms with Gasteiger partial charge in [0.05, 0.1) is 31.6 Å². The number of nitrogens with zero attached hydrogens (tertiary/aromatic N) is 3. The van der Waals surface area contributed by atoms with E-state index in [0.717, 1.165) is 57.5 Å². The van der Waals surface area contributed by atoms with Crippen LogP contribution in [0.25, 0.3) is 0 Å². The van der Waals surface area contributed by atoms with Gasteiger partial charge in [-0.05, 0) is 44.9 Å². The summed E-state index contributed by atoms with van der Waals surface area (Å²) < 4.78 is 11.8. The molecular weight excluding hydrogens is 330 g/mol. The van der Waals surface area contributed by atoms with Gasteiger partial charge in [0.2, 0.25) is 11.8 Å². The molecule has 0 aromatic carbocycles. The minimum atomic E-state index is -0.117. The molecule has 3 aliphatic rings. The van der Waals surface area contributed by atoms with Crippen molar-refractivity contribution in [2.45, 2.75) is 44.6 Å². The zero-order chi connectivity index (χ0) is 18.0. The first-order valence-corrected chi connectivity index (χ1v) is 9.63. The Morgan fingerprint density at radius 2 is 2.15 bits per heavy atom. The second-order valence-corrected chi connectivity index (χ2v) is 7.86. The highest BCUT2D eigenvalue weighted by Crippen LogP contribution is 2.39. The Morgan fingerprint density at radius 1 is 1.35 bits per heavy atom. The summed E-state index contributed by atoms with van der Waals surface area (Å²) in [5.41, 5.74) is 0.748. The van der Waals surface area contributed by atoms with E-state index in [1.807, 2.05) is 11.8 Å². The Bertz CT molecular complexity index is 677. The predicted octanol–water partition coefficient (Wildman–Crippen LogP) is 2.53. The van der Waals surface area contributed by atoms with Crippen LogP contribution in [-0.4, -0.2) is 52.7 Å². The summed E-state index contributed by atoms with van der Waals surface area (Å²) >= 11 is 0. The van der Waals surface area contributed by atoms with E-state index in [9.17, 15) is 4.79 Å². The van der Waals surface area contributed by atoms with Crippen LogP contribution in [0, 0.1) is 18.8 Å². The molecule has 1 atom stereocenters. The summed E-state index contributed by atoms with van der Waals surface area (Å²) in [6.07, 6.45) is 12.5. The number of aromatic nitrogens is 2. The van der Waals surface area contributed by atoms with Crippen molar-refractivity contribution in [3.05, 3.63) is 30.2 Å². The molecule has 0 N–H and O–H groups in total. The van der Waals surface area contributed by atoms with Crippen molar-refractivity contribution in [2.75, 3.05) is 26.3 Å². The lowest BCUT2D eigenvalue weighted by molar-refractivity contribution is -0.191. The summed E-state index contributed by atoms with van der Waals surface area (Å²) in [6.45, 7) is 4.84. The second kappa shape index (κ2) is 7.35. The lowest BCUT2D eigenvalue weighted by atomic mass is 9.79. The van der Waals surface area contributed by atoms with Crippen molar-refractivity contribution in [1.29, 1.82) is 0 Å². The first-order valence-electron chi connectivity index (χ1n) is 9.63. The van der Waals surface area contributed by atoms with Crippen LogP contribution >= 0.6 is 0 Å². The summed E-state index contributed by atoms with van der Waals surface area (Å²) in [5, 5.41) is 0. The van der Waals surface area contributed by atoms with Crippen molar-refractivity contribution in [1.82, 2.24) is 14.9 Å². The molecule has 0 saturated carbocycles. The lowest BCUT2D eigenvalue weighted by Gasteiger charge is -2.53. The molecule has 1 aliphatic carbocycles. The van der Waals surface area contributed by atoms with Gasteiger partial charge in [-0.1, -0.05) is 12.2 Å². The number of carbonyl (C=O) groups excluding carboxylic acids is 1. The molecule has 0 bridgehead atoms. The fourth-order valence-corrected chi connectivity index (χ4v) is 4.32. The van der Waals surface area contributed by atoms with Gasteiger partial charge in [-0.2, -0.15) is 0 Å². The van der Waals surface area contributed by atoms with Crippen LogP contribution in [0.2, 0.25) is 0 Å². The first kappa shape index (κ1) is 17.5. The number of rotatable bonds is 5. The zero-order valence-corrected chi connectivity index (χ0v) is 15.4. The lowest BCUT2D eigenvalue weighted by Crippen LogP contribution is -2.67. The summed E-state index contributed by atoms with van der Waals surface area (Å²) in [5.74, 6) is 1.63. The highest BCUT2D eigenvalue weighted by molar-refractivity contribution is 5.80. The van der Waals surface area contributed by atoms with Gasteiger partial charge in [0.1, 0.15) is 5.60 Å². The van der Waals surface area contributed by atoms with Crippen LogP contribution in [0.1, 0.15) is 37.8 Å². The van der Waals surface area contributed by atoms with Gasteiger partial charge in [0, 0.05) is 18.7 Å². The Balaban J connectivity index is 1.23. The van der Waals surface area contributed by atoms with E-state index in [0.29, 0.717) is 24.3 Å². The molecular formula is C20H27N3O3. The van der Waals surface area contributed by atoms with Crippen molar-refractivity contribution < 1.29 is 14.3 Å². The first-order chi connectivity index (χ1) is 12.6. The van der Waals surface area contributed by atoms with Crippen molar-refractivity contribution in [3.8, 4) is 5.88 Å². The smallest absolute Gasteiger partial charge is 0.232 e.